The lowest BCUT2D eigenvalue weighted by atomic mass is 9.93. The summed E-state index contributed by atoms with van der Waals surface area (Å²) in [4.78, 5) is 0. The number of aryl methyl sites for hydroxylation is 2. The Kier molecular flexibility index (Phi) is 8.24. The summed E-state index contributed by atoms with van der Waals surface area (Å²) in [6, 6.07) is 25.5. The minimum absolute atomic E-state index is 0.0150. The monoisotopic (exact) mass is 450 g/mol. The van der Waals surface area contributed by atoms with Gasteiger partial charge in [0.25, 0.3) is 0 Å². The zero-order chi connectivity index (χ0) is 23.1. The third kappa shape index (κ3) is 5.66. The Balaban J connectivity index is 2.01. The van der Waals surface area contributed by atoms with Gasteiger partial charge in [-0.15, -0.1) is 0 Å². The molecule has 0 aliphatic carbocycles. The smallest absolute Gasteiger partial charge is 0.218 e. The van der Waals surface area contributed by atoms with E-state index in [9.17, 15) is 8.42 Å². The largest absolute Gasteiger partial charge is 0.311 e. The molecular formula is C27H34N2O2S. The third-order valence-electron chi connectivity index (χ3n) is 6.03. The molecule has 5 heteroatoms. The van der Waals surface area contributed by atoms with Crippen molar-refractivity contribution in [3.8, 4) is 0 Å². The van der Waals surface area contributed by atoms with E-state index in [1.165, 1.54) is 11.1 Å². The Morgan fingerprint density at radius 1 is 0.781 bits per heavy atom. The van der Waals surface area contributed by atoms with Gasteiger partial charge in [0.05, 0.1) is 17.8 Å². The maximum absolute atomic E-state index is 13.7. The predicted octanol–water partition coefficient (Wildman–Crippen LogP) is 5.28. The quantitative estimate of drug-likeness (QED) is 0.457. The van der Waals surface area contributed by atoms with E-state index in [0.29, 0.717) is 0 Å². The molecule has 2 atom stereocenters. The summed E-state index contributed by atoms with van der Waals surface area (Å²) < 4.78 is 28.9. The van der Waals surface area contributed by atoms with E-state index >= 15 is 0 Å². The maximum atomic E-state index is 13.7. The van der Waals surface area contributed by atoms with E-state index < -0.39 is 10.0 Å². The molecule has 0 aromatic heterocycles. The van der Waals surface area contributed by atoms with Gasteiger partial charge in [0, 0.05) is 7.05 Å². The Hall–Kier alpha value is -2.47. The van der Waals surface area contributed by atoms with Crippen LogP contribution in [0, 0.1) is 0 Å². The molecule has 0 saturated heterocycles. The second-order valence-corrected chi connectivity index (χ2v) is 10.2. The van der Waals surface area contributed by atoms with Crippen LogP contribution in [0.3, 0.4) is 0 Å². The van der Waals surface area contributed by atoms with Crippen molar-refractivity contribution in [2.75, 3.05) is 14.1 Å². The van der Waals surface area contributed by atoms with Crippen molar-refractivity contribution in [2.45, 2.75) is 44.5 Å². The van der Waals surface area contributed by atoms with Crippen LogP contribution in [0.1, 0.15) is 53.7 Å². The van der Waals surface area contributed by atoms with Gasteiger partial charge in [0.15, 0.2) is 0 Å². The number of hydrogen-bond acceptors (Lipinski definition) is 3. The zero-order valence-electron chi connectivity index (χ0n) is 19.5. The lowest BCUT2D eigenvalue weighted by molar-refractivity contribution is 0.301. The standard InChI is InChI=1S/C27H34N2O2S/c1-5-21-17-22(6-2)19-23(18-21)20-32(30,31)29(4)27(25-15-11-8-12-16-25)26(28-3)24-13-9-7-10-14-24/h7-19,26-28H,5-6,20H2,1-4H3. The van der Waals surface area contributed by atoms with Crippen LogP contribution in [-0.4, -0.2) is 26.8 Å². The molecule has 0 radical (unpaired) electrons. The molecule has 4 nitrogen and oxygen atoms in total. The summed E-state index contributed by atoms with van der Waals surface area (Å²) in [7, 11) is -0.0000808. The van der Waals surface area contributed by atoms with Crippen LogP contribution in [0.25, 0.3) is 0 Å². The first-order valence-electron chi connectivity index (χ1n) is 11.2. The van der Waals surface area contributed by atoms with E-state index in [4.69, 9.17) is 0 Å². The highest BCUT2D eigenvalue weighted by Crippen LogP contribution is 2.35. The lowest BCUT2D eigenvalue weighted by Crippen LogP contribution is -2.39. The Bertz CT molecular complexity index is 1080. The van der Waals surface area contributed by atoms with Crippen molar-refractivity contribution < 1.29 is 8.42 Å². The topological polar surface area (TPSA) is 49.4 Å². The van der Waals surface area contributed by atoms with E-state index in [-0.39, 0.29) is 17.8 Å². The first-order valence-corrected chi connectivity index (χ1v) is 12.8. The minimum atomic E-state index is -3.58. The number of nitrogens with one attached hydrogen (secondary N) is 1. The molecule has 3 aromatic carbocycles. The third-order valence-corrected chi connectivity index (χ3v) is 7.84. The van der Waals surface area contributed by atoms with Crippen molar-refractivity contribution in [1.29, 1.82) is 0 Å². The van der Waals surface area contributed by atoms with Gasteiger partial charge in [-0.25, -0.2) is 8.42 Å². The summed E-state index contributed by atoms with van der Waals surface area (Å²) in [5, 5.41) is 3.36. The summed E-state index contributed by atoms with van der Waals surface area (Å²) in [6.45, 7) is 4.20. The summed E-state index contributed by atoms with van der Waals surface area (Å²) in [6.07, 6.45) is 1.78. The summed E-state index contributed by atoms with van der Waals surface area (Å²) in [5.74, 6) is -0.0150. The van der Waals surface area contributed by atoms with Crippen LogP contribution >= 0.6 is 0 Å². The predicted molar refractivity (Wildman–Crippen MR) is 133 cm³/mol. The zero-order valence-corrected chi connectivity index (χ0v) is 20.3. The molecule has 3 aromatic rings. The second kappa shape index (κ2) is 10.9. The van der Waals surface area contributed by atoms with Gasteiger partial charge < -0.3 is 5.32 Å². The number of rotatable bonds is 10. The average Bonchev–Trinajstić information content (AvgIpc) is 2.82. The minimum Gasteiger partial charge on any atom is -0.311 e. The van der Waals surface area contributed by atoms with Crippen LogP contribution in [0.2, 0.25) is 0 Å². The molecule has 0 bridgehead atoms. The summed E-state index contributed by atoms with van der Waals surface area (Å²) in [5.41, 5.74) is 5.20. The van der Waals surface area contributed by atoms with Gasteiger partial charge in [-0.3, -0.25) is 0 Å². The van der Waals surface area contributed by atoms with Crippen molar-refractivity contribution in [2.24, 2.45) is 0 Å². The van der Waals surface area contributed by atoms with Crippen LogP contribution in [0.4, 0.5) is 0 Å². The van der Waals surface area contributed by atoms with Crippen LogP contribution < -0.4 is 5.32 Å². The normalized spacial score (nSPS) is 13.8. The van der Waals surface area contributed by atoms with Gasteiger partial charge >= 0.3 is 0 Å². The molecule has 0 spiro atoms. The second-order valence-electron chi connectivity index (χ2n) is 8.17. The molecular weight excluding hydrogens is 416 g/mol. The van der Waals surface area contributed by atoms with Crippen molar-refractivity contribution >= 4 is 10.0 Å². The fourth-order valence-corrected chi connectivity index (χ4v) is 5.63. The Labute approximate surface area is 193 Å². The molecule has 32 heavy (non-hydrogen) atoms. The number of likely N-dealkylation sites (N-methyl/N-ethyl adjacent to an activating group) is 2. The van der Waals surface area contributed by atoms with Gasteiger partial charge in [-0.05, 0) is 47.7 Å². The van der Waals surface area contributed by atoms with Crippen LogP contribution in [0.15, 0.2) is 78.9 Å². The maximum Gasteiger partial charge on any atom is 0.218 e. The molecule has 1 N–H and O–H groups in total. The molecule has 0 amide bonds. The van der Waals surface area contributed by atoms with Crippen LogP contribution in [0.5, 0.6) is 0 Å². The van der Waals surface area contributed by atoms with Crippen molar-refractivity contribution in [3.05, 3.63) is 107 Å². The van der Waals surface area contributed by atoms with Gasteiger partial charge in [-0.1, -0.05) is 92.7 Å². The highest BCUT2D eigenvalue weighted by atomic mass is 32.2. The van der Waals surface area contributed by atoms with Crippen molar-refractivity contribution in [1.82, 2.24) is 9.62 Å². The number of sulfonamides is 1. The average molecular weight is 451 g/mol. The number of hydrogen-bond donors (Lipinski definition) is 1. The van der Waals surface area contributed by atoms with E-state index in [2.05, 4.69) is 25.2 Å². The molecule has 0 heterocycles. The van der Waals surface area contributed by atoms with Gasteiger partial charge in [0.1, 0.15) is 0 Å². The fraction of sp³-hybridized carbons (Fsp3) is 0.333. The molecule has 2 unspecified atom stereocenters. The van der Waals surface area contributed by atoms with E-state index in [1.54, 1.807) is 11.4 Å². The van der Waals surface area contributed by atoms with Gasteiger partial charge in [0.2, 0.25) is 10.0 Å². The first kappa shape index (κ1) is 24.2. The first-order chi connectivity index (χ1) is 15.4. The fourth-order valence-electron chi connectivity index (χ4n) is 4.25. The van der Waals surface area contributed by atoms with Crippen LogP contribution in [-0.2, 0) is 28.6 Å². The molecule has 0 aliphatic heterocycles. The molecule has 0 fully saturated rings. The molecule has 0 aliphatic rings. The SMILES string of the molecule is CCc1cc(CC)cc(CS(=O)(=O)N(C)C(c2ccccc2)C(NC)c2ccccc2)c1. The summed E-state index contributed by atoms with van der Waals surface area (Å²) >= 11 is 0. The highest BCUT2D eigenvalue weighted by Gasteiger charge is 2.34. The Morgan fingerprint density at radius 2 is 1.25 bits per heavy atom. The lowest BCUT2D eigenvalue weighted by Gasteiger charge is -2.34. The van der Waals surface area contributed by atoms with E-state index in [0.717, 1.165) is 29.5 Å². The van der Waals surface area contributed by atoms with Crippen molar-refractivity contribution in [3.63, 3.8) is 0 Å². The number of nitrogens with zero attached hydrogens (tertiary/aromatic N) is 1. The molecule has 170 valence electrons. The highest BCUT2D eigenvalue weighted by molar-refractivity contribution is 7.88. The Morgan fingerprint density at radius 3 is 1.72 bits per heavy atom. The van der Waals surface area contributed by atoms with Gasteiger partial charge in [-0.2, -0.15) is 4.31 Å². The number of benzene rings is 3. The molecule has 0 saturated carbocycles. The molecule has 3 rings (SSSR count). The van der Waals surface area contributed by atoms with E-state index in [1.807, 2.05) is 79.8 Å².